The number of nitriles is 1. The highest BCUT2D eigenvalue weighted by Crippen LogP contribution is 2.48. The lowest BCUT2D eigenvalue weighted by atomic mass is 9.78. The van der Waals surface area contributed by atoms with Crippen molar-refractivity contribution >= 4 is 26.8 Å². The number of halogens is 1. The number of fused-ring (bicyclic) bond motifs is 3. The van der Waals surface area contributed by atoms with Crippen LogP contribution in [0.3, 0.4) is 0 Å². The van der Waals surface area contributed by atoms with Gasteiger partial charge in [0.1, 0.15) is 11.7 Å². The summed E-state index contributed by atoms with van der Waals surface area (Å²) >= 11 is 3.51. The van der Waals surface area contributed by atoms with Crippen LogP contribution in [0.15, 0.2) is 41.0 Å². The molecule has 2 heterocycles. The van der Waals surface area contributed by atoms with Gasteiger partial charge in [-0.15, -0.1) is 0 Å². The van der Waals surface area contributed by atoms with E-state index in [1.807, 2.05) is 36.5 Å². The Hall–Kier alpha value is -2.69. The predicted octanol–water partition coefficient (Wildman–Crippen LogP) is 3.93. The van der Waals surface area contributed by atoms with Crippen LogP contribution in [0.4, 0.5) is 0 Å². The fourth-order valence-electron chi connectivity index (χ4n) is 3.69. The van der Waals surface area contributed by atoms with Gasteiger partial charge in [0.2, 0.25) is 6.29 Å². The molecule has 4 rings (SSSR count). The predicted molar refractivity (Wildman–Crippen MR) is 103 cm³/mol. The van der Waals surface area contributed by atoms with E-state index >= 15 is 0 Å². The van der Waals surface area contributed by atoms with Crippen LogP contribution in [0.25, 0.3) is 10.9 Å². The van der Waals surface area contributed by atoms with Crippen LogP contribution in [0.2, 0.25) is 0 Å². The molecule has 0 saturated carbocycles. The largest absolute Gasteiger partial charge is 0.493 e. The number of rotatable bonds is 3. The topological polar surface area (TPSA) is 87.5 Å². The van der Waals surface area contributed by atoms with Gasteiger partial charge in [0.05, 0.1) is 24.8 Å². The summed E-state index contributed by atoms with van der Waals surface area (Å²) in [6, 6.07) is 11.7. The first-order valence-corrected chi connectivity index (χ1v) is 9.14. The highest BCUT2D eigenvalue weighted by atomic mass is 79.9. The van der Waals surface area contributed by atoms with Crippen LogP contribution < -0.4 is 14.2 Å². The summed E-state index contributed by atoms with van der Waals surface area (Å²) in [5.41, 5.74) is 2.58. The Labute approximate surface area is 164 Å². The molecule has 0 amide bonds. The maximum Gasteiger partial charge on any atom is 0.214 e. The van der Waals surface area contributed by atoms with Crippen molar-refractivity contribution in [2.24, 2.45) is 5.92 Å². The van der Waals surface area contributed by atoms with E-state index in [9.17, 15) is 10.4 Å². The summed E-state index contributed by atoms with van der Waals surface area (Å²) in [6.07, 6.45) is 0.582. The molecule has 0 saturated heterocycles. The number of aliphatic hydroxyl groups is 1. The monoisotopic (exact) mass is 428 g/mol. The third kappa shape index (κ3) is 2.73. The minimum Gasteiger partial charge on any atom is -0.493 e. The van der Waals surface area contributed by atoms with Gasteiger partial charge in [-0.1, -0.05) is 6.07 Å². The number of aromatic amines is 1. The number of hydrogen-bond donors (Lipinski definition) is 2. The van der Waals surface area contributed by atoms with Gasteiger partial charge in [0.15, 0.2) is 11.5 Å². The maximum atomic E-state index is 10.5. The summed E-state index contributed by atoms with van der Waals surface area (Å²) in [6.45, 7) is 0. The van der Waals surface area contributed by atoms with Gasteiger partial charge in [-0.2, -0.15) is 5.26 Å². The van der Waals surface area contributed by atoms with Gasteiger partial charge >= 0.3 is 0 Å². The fraction of sp³-hybridized carbons (Fsp3) is 0.250. The number of nitrogens with one attached hydrogen (secondary N) is 1. The lowest BCUT2D eigenvalue weighted by molar-refractivity contribution is -0.0601. The Morgan fingerprint density at radius 1 is 1.22 bits per heavy atom. The fourth-order valence-corrected chi connectivity index (χ4v) is 4.32. The van der Waals surface area contributed by atoms with Gasteiger partial charge in [-0.3, -0.25) is 0 Å². The standard InChI is InChI=1S/C20H17BrN2O4/c1-25-16-8-10(7-14(21)19(16)26-2)17-12-3-4-15-11(5-6-23-15)18(12)27-20(24)13(17)9-22/h3-8,13,17,20,23-24H,1-2H3. The van der Waals surface area contributed by atoms with Crippen LogP contribution in [-0.2, 0) is 0 Å². The second-order valence-electron chi connectivity index (χ2n) is 6.30. The van der Waals surface area contributed by atoms with Crippen molar-refractivity contribution in [1.29, 1.82) is 5.26 Å². The summed E-state index contributed by atoms with van der Waals surface area (Å²) in [4.78, 5) is 3.14. The molecule has 0 fully saturated rings. The summed E-state index contributed by atoms with van der Waals surface area (Å²) in [5, 5.41) is 21.1. The average molecular weight is 429 g/mol. The molecular weight excluding hydrogens is 412 g/mol. The Morgan fingerprint density at radius 3 is 2.74 bits per heavy atom. The second-order valence-corrected chi connectivity index (χ2v) is 7.16. The Morgan fingerprint density at radius 2 is 2.04 bits per heavy atom. The molecule has 7 heteroatoms. The molecule has 0 aliphatic carbocycles. The van der Waals surface area contributed by atoms with Crippen LogP contribution in [0.1, 0.15) is 17.0 Å². The molecule has 138 valence electrons. The number of ether oxygens (including phenoxy) is 3. The third-order valence-corrected chi connectivity index (χ3v) is 5.51. The summed E-state index contributed by atoms with van der Waals surface area (Å²) in [5.74, 6) is 0.555. The molecule has 1 aromatic heterocycles. The third-order valence-electron chi connectivity index (χ3n) is 4.92. The van der Waals surface area contributed by atoms with Crippen LogP contribution in [0, 0.1) is 17.2 Å². The molecule has 1 aliphatic rings. The lowest BCUT2D eigenvalue weighted by Gasteiger charge is -2.34. The van der Waals surface area contributed by atoms with Gasteiger partial charge in [-0.25, -0.2) is 0 Å². The average Bonchev–Trinajstić information content (AvgIpc) is 3.15. The SMILES string of the molecule is COc1cc(C2c3ccc4[nH]ccc4c3OC(O)C2C#N)cc(Br)c1OC. The number of methoxy groups -OCH3 is 2. The first-order chi connectivity index (χ1) is 13.1. The van der Waals surface area contributed by atoms with Crippen molar-refractivity contribution < 1.29 is 19.3 Å². The molecule has 6 nitrogen and oxygen atoms in total. The van der Waals surface area contributed by atoms with Crippen molar-refractivity contribution in [3.63, 3.8) is 0 Å². The molecule has 0 spiro atoms. The molecule has 3 atom stereocenters. The van der Waals surface area contributed by atoms with Gasteiger partial charge in [0, 0.05) is 28.6 Å². The van der Waals surface area contributed by atoms with Crippen molar-refractivity contribution in [3.8, 4) is 23.3 Å². The van der Waals surface area contributed by atoms with E-state index in [1.165, 1.54) is 0 Å². The van der Waals surface area contributed by atoms with Crippen LogP contribution in [0.5, 0.6) is 17.2 Å². The quantitative estimate of drug-likeness (QED) is 0.659. The van der Waals surface area contributed by atoms with E-state index in [1.54, 1.807) is 14.2 Å². The zero-order valence-corrected chi connectivity index (χ0v) is 16.3. The van der Waals surface area contributed by atoms with E-state index < -0.39 is 12.2 Å². The molecule has 0 bridgehead atoms. The Kier molecular flexibility index (Phi) is 4.46. The van der Waals surface area contributed by atoms with Gasteiger partial charge in [0.25, 0.3) is 0 Å². The van der Waals surface area contributed by atoms with E-state index in [0.717, 1.165) is 22.0 Å². The molecule has 3 unspecified atom stereocenters. The van der Waals surface area contributed by atoms with E-state index in [0.29, 0.717) is 21.7 Å². The number of H-pyrrole nitrogens is 1. The van der Waals surface area contributed by atoms with E-state index in [-0.39, 0.29) is 5.92 Å². The molecular formula is C20H17BrN2O4. The molecule has 2 aromatic carbocycles. The number of nitrogens with zero attached hydrogens (tertiary/aromatic N) is 1. The summed E-state index contributed by atoms with van der Waals surface area (Å²) < 4.78 is 17.3. The molecule has 2 N–H and O–H groups in total. The molecule has 27 heavy (non-hydrogen) atoms. The summed E-state index contributed by atoms with van der Waals surface area (Å²) in [7, 11) is 3.13. The first-order valence-electron chi connectivity index (χ1n) is 8.34. The molecule has 0 radical (unpaired) electrons. The van der Waals surface area contributed by atoms with Gasteiger partial charge in [-0.05, 0) is 45.8 Å². The van der Waals surface area contributed by atoms with Crippen LogP contribution >= 0.6 is 15.9 Å². The normalized spacial score (nSPS) is 21.2. The minimum atomic E-state index is -1.24. The number of hydrogen-bond acceptors (Lipinski definition) is 5. The van der Waals surface area contributed by atoms with Crippen LogP contribution in [-0.4, -0.2) is 30.6 Å². The highest BCUT2D eigenvalue weighted by Gasteiger charge is 2.40. The zero-order chi connectivity index (χ0) is 19.1. The zero-order valence-electron chi connectivity index (χ0n) is 14.7. The van der Waals surface area contributed by atoms with E-state index in [4.69, 9.17) is 14.2 Å². The minimum absolute atomic E-state index is 0.385. The van der Waals surface area contributed by atoms with Crippen molar-refractivity contribution in [2.45, 2.75) is 12.2 Å². The molecule has 1 aliphatic heterocycles. The van der Waals surface area contributed by atoms with Crippen molar-refractivity contribution in [2.75, 3.05) is 14.2 Å². The smallest absolute Gasteiger partial charge is 0.214 e. The number of aliphatic hydroxyl groups excluding tert-OH is 1. The van der Waals surface area contributed by atoms with Gasteiger partial charge < -0.3 is 24.3 Å². The Balaban J connectivity index is 1.96. The van der Waals surface area contributed by atoms with Crippen molar-refractivity contribution in [1.82, 2.24) is 4.98 Å². The second kappa shape index (κ2) is 6.80. The number of aromatic nitrogens is 1. The Bertz CT molecular complexity index is 1060. The van der Waals surface area contributed by atoms with E-state index in [2.05, 4.69) is 27.0 Å². The van der Waals surface area contributed by atoms with Crippen molar-refractivity contribution in [3.05, 3.63) is 52.1 Å². The molecule has 3 aromatic rings. The highest BCUT2D eigenvalue weighted by molar-refractivity contribution is 9.10. The number of benzene rings is 2. The lowest BCUT2D eigenvalue weighted by Crippen LogP contribution is -2.35. The maximum absolute atomic E-state index is 10.5. The first kappa shape index (κ1) is 17.7.